The fourth-order valence-electron chi connectivity index (χ4n) is 2.44. The molecule has 1 aromatic carbocycles. The molecule has 1 unspecified atom stereocenters. The summed E-state index contributed by atoms with van der Waals surface area (Å²) in [7, 11) is 0. The van der Waals surface area contributed by atoms with Crippen molar-refractivity contribution in [1.82, 2.24) is 4.90 Å². The van der Waals surface area contributed by atoms with Crippen molar-refractivity contribution in [2.45, 2.75) is 12.8 Å². The second kappa shape index (κ2) is 6.19. The van der Waals surface area contributed by atoms with E-state index in [1.807, 2.05) is 0 Å². The van der Waals surface area contributed by atoms with Gasteiger partial charge in [-0.1, -0.05) is 11.6 Å². The van der Waals surface area contributed by atoms with E-state index in [-0.39, 0.29) is 29.7 Å². The first-order chi connectivity index (χ1) is 9.52. The normalized spacial score (nSPS) is 18.3. The maximum atomic E-state index is 12.4. The van der Waals surface area contributed by atoms with Crippen LogP contribution >= 0.6 is 11.6 Å². The molecule has 0 aromatic heterocycles. The summed E-state index contributed by atoms with van der Waals surface area (Å²) < 4.78 is 0. The second-order valence-electron chi connectivity index (χ2n) is 4.84. The first-order valence-electron chi connectivity index (χ1n) is 6.37. The first-order valence-corrected chi connectivity index (χ1v) is 6.74. The largest absolute Gasteiger partial charge is 0.396 e. The maximum Gasteiger partial charge on any atom is 0.282 e. The van der Waals surface area contributed by atoms with Crippen molar-refractivity contribution in [3.8, 4) is 0 Å². The predicted octanol–water partition coefficient (Wildman–Crippen LogP) is 2.09. The highest BCUT2D eigenvalue weighted by Gasteiger charge is 2.30. The van der Waals surface area contributed by atoms with Crippen LogP contribution in [-0.2, 0) is 0 Å². The minimum absolute atomic E-state index is 0.0205. The van der Waals surface area contributed by atoms with Gasteiger partial charge in [-0.2, -0.15) is 0 Å². The van der Waals surface area contributed by atoms with Gasteiger partial charge in [-0.15, -0.1) is 0 Å². The lowest BCUT2D eigenvalue weighted by atomic mass is 10.1. The molecule has 2 rings (SSSR count). The predicted molar refractivity (Wildman–Crippen MR) is 73.8 cm³/mol. The average molecular weight is 299 g/mol. The quantitative estimate of drug-likeness (QED) is 0.681. The number of carbonyl (C=O) groups is 1. The number of hydrogen-bond acceptors (Lipinski definition) is 4. The SMILES string of the molecule is O=C(c1cc(Cl)ccc1[N+](=O)[O-])N1CCC(CCO)C1. The number of benzene rings is 1. The Morgan fingerprint density at radius 1 is 1.55 bits per heavy atom. The molecular weight excluding hydrogens is 284 g/mol. The zero-order valence-corrected chi connectivity index (χ0v) is 11.5. The van der Waals surface area contributed by atoms with E-state index >= 15 is 0 Å². The van der Waals surface area contributed by atoms with E-state index in [9.17, 15) is 14.9 Å². The average Bonchev–Trinajstić information content (AvgIpc) is 2.86. The van der Waals surface area contributed by atoms with Gasteiger partial charge in [0, 0.05) is 30.8 Å². The van der Waals surface area contributed by atoms with E-state index in [0.717, 1.165) is 6.42 Å². The summed E-state index contributed by atoms with van der Waals surface area (Å²) in [6, 6.07) is 3.98. The number of nitro groups is 1. The van der Waals surface area contributed by atoms with Gasteiger partial charge in [0.25, 0.3) is 11.6 Å². The maximum absolute atomic E-state index is 12.4. The second-order valence-corrected chi connectivity index (χ2v) is 5.27. The molecule has 1 fully saturated rings. The van der Waals surface area contributed by atoms with Gasteiger partial charge in [-0.25, -0.2) is 0 Å². The zero-order valence-electron chi connectivity index (χ0n) is 10.8. The Bertz CT molecular complexity index is 535. The van der Waals surface area contributed by atoms with Crippen LogP contribution in [0.1, 0.15) is 23.2 Å². The Morgan fingerprint density at radius 2 is 2.30 bits per heavy atom. The minimum Gasteiger partial charge on any atom is -0.396 e. The zero-order chi connectivity index (χ0) is 14.7. The summed E-state index contributed by atoms with van der Waals surface area (Å²) in [6.45, 7) is 1.15. The lowest BCUT2D eigenvalue weighted by molar-refractivity contribution is -0.385. The van der Waals surface area contributed by atoms with Crippen LogP contribution in [0.2, 0.25) is 5.02 Å². The van der Waals surface area contributed by atoms with E-state index in [1.165, 1.54) is 18.2 Å². The Kier molecular flexibility index (Phi) is 4.57. The summed E-state index contributed by atoms with van der Waals surface area (Å²) in [5.41, 5.74) is -0.211. The topological polar surface area (TPSA) is 83.7 Å². The minimum atomic E-state index is -0.579. The van der Waals surface area contributed by atoms with E-state index in [1.54, 1.807) is 4.90 Å². The van der Waals surface area contributed by atoms with Gasteiger partial charge < -0.3 is 10.0 Å². The third-order valence-corrected chi connectivity index (χ3v) is 3.73. The van der Waals surface area contributed by atoms with Crippen molar-refractivity contribution in [3.63, 3.8) is 0 Å². The third kappa shape index (κ3) is 3.08. The summed E-state index contributed by atoms with van der Waals surface area (Å²) in [5, 5.41) is 20.2. The van der Waals surface area contributed by atoms with Gasteiger partial charge >= 0.3 is 0 Å². The fraction of sp³-hybridized carbons (Fsp3) is 0.462. The Morgan fingerprint density at radius 3 is 2.95 bits per heavy atom. The molecule has 1 N–H and O–H groups in total. The van der Waals surface area contributed by atoms with E-state index < -0.39 is 4.92 Å². The number of hydrogen-bond donors (Lipinski definition) is 1. The van der Waals surface area contributed by atoms with E-state index in [2.05, 4.69) is 0 Å². The number of carbonyl (C=O) groups excluding carboxylic acids is 1. The molecule has 1 saturated heterocycles. The van der Waals surface area contributed by atoms with Crippen LogP contribution in [0, 0.1) is 16.0 Å². The number of likely N-dealkylation sites (tertiary alicyclic amines) is 1. The molecule has 0 bridgehead atoms. The van der Waals surface area contributed by atoms with Crippen molar-refractivity contribution in [2.75, 3.05) is 19.7 Å². The Hall–Kier alpha value is -1.66. The van der Waals surface area contributed by atoms with E-state index in [0.29, 0.717) is 24.5 Å². The Labute approximate surface area is 121 Å². The van der Waals surface area contributed by atoms with Crippen molar-refractivity contribution in [3.05, 3.63) is 38.9 Å². The third-order valence-electron chi connectivity index (χ3n) is 3.50. The first kappa shape index (κ1) is 14.7. The number of nitro benzene ring substituents is 1. The van der Waals surface area contributed by atoms with Gasteiger partial charge in [-0.05, 0) is 30.9 Å². The summed E-state index contributed by atoms with van der Waals surface area (Å²) in [6.07, 6.45) is 1.45. The molecule has 0 saturated carbocycles. The molecule has 108 valence electrons. The highest BCUT2D eigenvalue weighted by molar-refractivity contribution is 6.31. The summed E-state index contributed by atoms with van der Waals surface area (Å²) >= 11 is 5.82. The van der Waals surface area contributed by atoms with Crippen LogP contribution < -0.4 is 0 Å². The molecule has 1 atom stereocenters. The molecule has 1 heterocycles. The van der Waals surface area contributed by atoms with Gasteiger partial charge in [-0.3, -0.25) is 14.9 Å². The number of halogens is 1. The number of nitrogens with zero attached hydrogens (tertiary/aromatic N) is 2. The van der Waals surface area contributed by atoms with Crippen LogP contribution in [0.15, 0.2) is 18.2 Å². The summed E-state index contributed by atoms with van der Waals surface area (Å²) in [4.78, 5) is 24.4. The summed E-state index contributed by atoms with van der Waals surface area (Å²) in [5.74, 6) is -0.123. The van der Waals surface area contributed by atoms with Gasteiger partial charge in [0.05, 0.1) is 4.92 Å². The molecule has 0 spiro atoms. The molecule has 1 aliphatic heterocycles. The molecule has 7 heteroatoms. The molecule has 1 aromatic rings. The number of aliphatic hydroxyl groups is 1. The van der Waals surface area contributed by atoms with Crippen molar-refractivity contribution in [1.29, 1.82) is 0 Å². The molecule has 20 heavy (non-hydrogen) atoms. The highest BCUT2D eigenvalue weighted by atomic mass is 35.5. The molecule has 1 amide bonds. The monoisotopic (exact) mass is 298 g/mol. The van der Waals surface area contributed by atoms with E-state index in [4.69, 9.17) is 16.7 Å². The van der Waals surface area contributed by atoms with Crippen molar-refractivity contribution >= 4 is 23.2 Å². The van der Waals surface area contributed by atoms with Crippen LogP contribution in [0.25, 0.3) is 0 Å². The van der Waals surface area contributed by atoms with Crippen molar-refractivity contribution in [2.24, 2.45) is 5.92 Å². The Balaban J connectivity index is 2.21. The molecule has 6 nitrogen and oxygen atoms in total. The van der Waals surface area contributed by atoms with Crippen LogP contribution in [0.3, 0.4) is 0 Å². The smallest absolute Gasteiger partial charge is 0.282 e. The molecular formula is C13H15ClN2O4. The van der Waals surface area contributed by atoms with Gasteiger partial charge in [0.15, 0.2) is 0 Å². The fourth-order valence-corrected chi connectivity index (χ4v) is 2.62. The van der Waals surface area contributed by atoms with Crippen molar-refractivity contribution < 1.29 is 14.8 Å². The highest BCUT2D eigenvalue weighted by Crippen LogP contribution is 2.27. The number of amides is 1. The number of rotatable bonds is 4. The molecule has 0 aliphatic carbocycles. The van der Waals surface area contributed by atoms with Gasteiger partial charge in [0.1, 0.15) is 5.56 Å². The standard InChI is InChI=1S/C13H15ClN2O4/c14-10-1-2-12(16(19)20)11(7-10)13(18)15-5-3-9(8-15)4-6-17/h1-2,7,9,17H,3-6,8H2. The van der Waals surface area contributed by atoms with Crippen LogP contribution in [0.5, 0.6) is 0 Å². The molecule has 1 aliphatic rings. The lowest BCUT2D eigenvalue weighted by Crippen LogP contribution is -2.29. The van der Waals surface area contributed by atoms with Crippen LogP contribution in [-0.4, -0.2) is 40.5 Å². The van der Waals surface area contributed by atoms with Crippen LogP contribution in [0.4, 0.5) is 5.69 Å². The lowest BCUT2D eigenvalue weighted by Gasteiger charge is -2.16. The van der Waals surface area contributed by atoms with Gasteiger partial charge in [0.2, 0.25) is 0 Å². The number of aliphatic hydroxyl groups excluding tert-OH is 1. The molecule has 0 radical (unpaired) electrons.